The van der Waals surface area contributed by atoms with Gasteiger partial charge in [0.1, 0.15) is 48.0 Å². The first-order valence-electron chi connectivity index (χ1n) is 11.6. The number of nitrogens with zero attached hydrogens (tertiary/aromatic N) is 2. The maximum Gasteiger partial charge on any atom is 0.142 e. The third kappa shape index (κ3) is 5.19. The van der Waals surface area contributed by atoms with E-state index in [9.17, 15) is 0 Å². The summed E-state index contributed by atoms with van der Waals surface area (Å²) in [5.41, 5.74) is 2.33. The second-order valence-electron chi connectivity index (χ2n) is 8.62. The van der Waals surface area contributed by atoms with Gasteiger partial charge >= 0.3 is 0 Å². The predicted octanol–water partition coefficient (Wildman–Crippen LogP) is 5.62. The zero-order chi connectivity index (χ0) is 23.3. The summed E-state index contributed by atoms with van der Waals surface area (Å²) in [5.74, 6) is 5.52. The first kappa shape index (κ1) is 22.3. The van der Waals surface area contributed by atoms with Gasteiger partial charge in [-0.15, -0.1) is 0 Å². The molecule has 0 amide bonds. The molecule has 0 bridgehead atoms. The van der Waals surface area contributed by atoms with Crippen molar-refractivity contribution in [3.63, 3.8) is 0 Å². The van der Waals surface area contributed by atoms with Crippen LogP contribution in [0.5, 0.6) is 5.75 Å². The summed E-state index contributed by atoms with van der Waals surface area (Å²) in [5, 5.41) is 0. The molecule has 2 aromatic heterocycles. The lowest BCUT2D eigenvalue weighted by molar-refractivity contribution is 0.0468. The lowest BCUT2D eigenvalue weighted by Gasteiger charge is -2.30. The first-order valence-corrected chi connectivity index (χ1v) is 11.6. The van der Waals surface area contributed by atoms with Crippen LogP contribution in [-0.2, 0) is 30.8 Å². The molecule has 34 heavy (non-hydrogen) atoms. The molecular formula is C28H30N2O4. The molecule has 0 aliphatic carbocycles. The molecule has 0 spiro atoms. The van der Waals surface area contributed by atoms with Gasteiger partial charge in [-0.2, -0.15) is 0 Å². The summed E-state index contributed by atoms with van der Waals surface area (Å²) >= 11 is 0. The molecule has 3 aromatic rings. The predicted molar refractivity (Wildman–Crippen MR) is 130 cm³/mol. The van der Waals surface area contributed by atoms with Gasteiger partial charge in [0, 0.05) is 24.2 Å². The minimum absolute atomic E-state index is 0.538. The number of hydrogen-bond donors (Lipinski definition) is 0. The molecule has 176 valence electrons. The Morgan fingerprint density at radius 2 is 1.47 bits per heavy atom. The second kappa shape index (κ2) is 10.2. The Hall–Kier alpha value is -3.48. The fraction of sp³-hybridized carbons (Fsp3) is 0.286. The second-order valence-corrected chi connectivity index (χ2v) is 8.62. The Morgan fingerprint density at radius 3 is 2.18 bits per heavy atom. The zero-order valence-corrected chi connectivity index (χ0v) is 19.5. The molecule has 5 rings (SSSR count). The van der Waals surface area contributed by atoms with E-state index in [0.29, 0.717) is 33.0 Å². The molecule has 2 aliphatic rings. The number of fused-ring (bicyclic) bond motifs is 1. The van der Waals surface area contributed by atoms with Crippen molar-refractivity contribution in [2.45, 2.75) is 33.0 Å². The molecule has 0 saturated carbocycles. The zero-order valence-electron chi connectivity index (χ0n) is 19.5. The third-order valence-corrected chi connectivity index (χ3v) is 6.01. The summed E-state index contributed by atoms with van der Waals surface area (Å²) in [7, 11) is 0. The lowest BCUT2D eigenvalue weighted by atomic mass is 10.1. The van der Waals surface area contributed by atoms with Crippen molar-refractivity contribution in [2.24, 2.45) is 0 Å². The highest BCUT2D eigenvalue weighted by Crippen LogP contribution is 2.26. The van der Waals surface area contributed by atoms with Crippen LogP contribution in [0.2, 0.25) is 0 Å². The van der Waals surface area contributed by atoms with E-state index >= 15 is 0 Å². The van der Waals surface area contributed by atoms with Crippen LogP contribution in [0.25, 0.3) is 0 Å². The minimum Gasteiger partial charge on any atom is -0.478 e. The minimum atomic E-state index is 0.538. The van der Waals surface area contributed by atoms with Gasteiger partial charge < -0.3 is 18.3 Å². The maximum atomic E-state index is 6.10. The van der Waals surface area contributed by atoms with E-state index in [1.807, 2.05) is 61.5 Å². The van der Waals surface area contributed by atoms with Crippen molar-refractivity contribution < 1.29 is 18.3 Å². The Bertz CT molecular complexity index is 1200. The normalized spacial score (nSPS) is 19.1. The van der Waals surface area contributed by atoms with Crippen LogP contribution < -0.4 is 4.74 Å². The van der Waals surface area contributed by atoms with Gasteiger partial charge in [0.25, 0.3) is 0 Å². The Balaban J connectivity index is 1.15. The number of hydrogen-bond acceptors (Lipinski definition) is 6. The largest absolute Gasteiger partial charge is 0.478 e. The van der Waals surface area contributed by atoms with Crippen molar-refractivity contribution in [2.75, 3.05) is 20.0 Å². The van der Waals surface area contributed by atoms with Gasteiger partial charge in [-0.3, -0.25) is 9.80 Å². The van der Waals surface area contributed by atoms with E-state index < -0.39 is 0 Å². The monoisotopic (exact) mass is 458 g/mol. The molecule has 4 heterocycles. The highest BCUT2D eigenvalue weighted by atomic mass is 16.5. The van der Waals surface area contributed by atoms with Gasteiger partial charge in [-0.25, -0.2) is 0 Å². The van der Waals surface area contributed by atoms with Crippen molar-refractivity contribution in [3.8, 4) is 5.75 Å². The smallest absolute Gasteiger partial charge is 0.142 e. The van der Waals surface area contributed by atoms with Gasteiger partial charge in [-0.1, -0.05) is 36.9 Å². The van der Waals surface area contributed by atoms with Crippen LogP contribution in [0.1, 0.15) is 35.5 Å². The van der Waals surface area contributed by atoms with Crippen LogP contribution >= 0.6 is 0 Å². The van der Waals surface area contributed by atoms with Crippen LogP contribution in [-0.4, -0.2) is 29.8 Å². The van der Waals surface area contributed by atoms with E-state index in [4.69, 9.17) is 18.3 Å². The quantitative estimate of drug-likeness (QED) is 0.458. The Labute approximate surface area is 200 Å². The fourth-order valence-electron chi connectivity index (χ4n) is 4.41. The first-order chi connectivity index (χ1) is 16.7. The number of ether oxygens (including phenoxy) is 2. The lowest BCUT2D eigenvalue weighted by Crippen LogP contribution is -2.33. The van der Waals surface area contributed by atoms with Crippen LogP contribution in [0.15, 0.2) is 93.5 Å². The molecule has 0 atom stereocenters. The number of para-hydroxylation sites is 1. The van der Waals surface area contributed by atoms with Crippen molar-refractivity contribution in [3.05, 3.63) is 113 Å². The topological polar surface area (TPSA) is 51.2 Å². The molecule has 2 aliphatic heterocycles. The summed E-state index contributed by atoms with van der Waals surface area (Å²) < 4.78 is 23.9. The Morgan fingerprint density at radius 1 is 0.824 bits per heavy atom. The standard InChI is InChI=1S/C28H30N2O4/c1-3-7-21-15-29(19-31-27(21)4-2)17-25-12-10-23(33-25)14-24-11-13-26(34-24)18-30-16-22-8-5-6-9-28(22)32-20-30/h3-13H,1,14-20H2,2H3/b21-7-,27-4+. The van der Waals surface area contributed by atoms with E-state index in [2.05, 4.69) is 22.4 Å². The third-order valence-electron chi connectivity index (χ3n) is 6.01. The van der Waals surface area contributed by atoms with Crippen molar-refractivity contribution in [1.82, 2.24) is 9.80 Å². The Kier molecular flexibility index (Phi) is 6.70. The number of furan rings is 2. The molecule has 0 N–H and O–H groups in total. The molecule has 1 saturated heterocycles. The number of rotatable bonds is 7. The number of allylic oxidation sites excluding steroid dienone is 3. The van der Waals surface area contributed by atoms with Crippen LogP contribution in [0.4, 0.5) is 0 Å². The maximum absolute atomic E-state index is 6.10. The van der Waals surface area contributed by atoms with Gasteiger partial charge in [-0.05, 0) is 43.3 Å². The average Bonchev–Trinajstić information content (AvgIpc) is 3.49. The van der Waals surface area contributed by atoms with Crippen molar-refractivity contribution in [1.29, 1.82) is 0 Å². The molecule has 1 fully saturated rings. The summed E-state index contributed by atoms with van der Waals surface area (Å²) in [4.78, 5) is 4.43. The molecule has 1 aromatic carbocycles. The van der Waals surface area contributed by atoms with Gasteiger partial charge in [0.15, 0.2) is 0 Å². The number of benzene rings is 1. The average molecular weight is 459 g/mol. The SMILES string of the molecule is C=C/C=C1/CN(Cc2ccc(Cc3ccc(CN4COc5ccccc5C4)o3)o2)CO/C1=C/C. The van der Waals surface area contributed by atoms with Crippen LogP contribution in [0, 0.1) is 0 Å². The molecule has 0 unspecified atom stereocenters. The summed E-state index contributed by atoms with van der Waals surface area (Å²) in [6.07, 6.45) is 6.41. The molecule has 0 radical (unpaired) electrons. The fourth-order valence-corrected chi connectivity index (χ4v) is 4.41. The summed E-state index contributed by atoms with van der Waals surface area (Å²) in [6, 6.07) is 16.3. The van der Waals surface area contributed by atoms with Crippen molar-refractivity contribution >= 4 is 0 Å². The molecule has 6 nitrogen and oxygen atoms in total. The van der Waals surface area contributed by atoms with E-state index in [1.165, 1.54) is 5.56 Å². The van der Waals surface area contributed by atoms with E-state index in [0.717, 1.165) is 53.2 Å². The molecule has 6 heteroatoms. The highest BCUT2D eigenvalue weighted by molar-refractivity contribution is 5.34. The molecular weight excluding hydrogens is 428 g/mol. The summed E-state index contributed by atoms with van der Waals surface area (Å²) in [6.45, 7) is 9.94. The highest BCUT2D eigenvalue weighted by Gasteiger charge is 2.21. The van der Waals surface area contributed by atoms with Crippen LogP contribution in [0.3, 0.4) is 0 Å². The van der Waals surface area contributed by atoms with E-state index in [-0.39, 0.29) is 0 Å². The van der Waals surface area contributed by atoms with Gasteiger partial charge in [0.2, 0.25) is 0 Å². The van der Waals surface area contributed by atoms with Gasteiger partial charge in [0.05, 0.1) is 19.5 Å². The van der Waals surface area contributed by atoms with E-state index in [1.54, 1.807) is 6.08 Å².